The number of rotatable bonds is 0. The van der Waals surface area contributed by atoms with Gasteiger partial charge in [-0.15, -0.1) is 0 Å². The van der Waals surface area contributed by atoms with Gasteiger partial charge in [-0.05, 0) is 18.2 Å². The first-order valence-corrected chi connectivity index (χ1v) is 7.80. The summed E-state index contributed by atoms with van der Waals surface area (Å²) in [6.07, 6.45) is 0.579. The highest BCUT2D eigenvalue weighted by molar-refractivity contribution is 5.92. The summed E-state index contributed by atoms with van der Waals surface area (Å²) in [4.78, 5) is 12.8. The normalized spacial score (nSPS) is 17.5. The van der Waals surface area contributed by atoms with Crippen molar-refractivity contribution in [2.45, 2.75) is 12.5 Å². The number of benzene rings is 1. The molecule has 0 fully saturated rings. The molecular weight excluding hydrogens is 350 g/mol. The van der Waals surface area contributed by atoms with Gasteiger partial charge in [0.2, 0.25) is 0 Å². The molecule has 26 heavy (non-hydrogen) atoms. The first kappa shape index (κ1) is 16.2. The van der Waals surface area contributed by atoms with Gasteiger partial charge in [0.1, 0.15) is 23.7 Å². The second kappa shape index (κ2) is 6.24. The molecular formula is C15H14F2N6O3. The Morgan fingerprint density at radius 3 is 3.04 bits per heavy atom. The van der Waals surface area contributed by atoms with Crippen LogP contribution in [0.15, 0.2) is 24.4 Å². The monoisotopic (exact) mass is 364 g/mol. The highest BCUT2D eigenvalue weighted by Crippen LogP contribution is 2.28. The average Bonchev–Trinajstić information content (AvgIpc) is 3.24. The minimum atomic E-state index is -3.25. The van der Waals surface area contributed by atoms with E-state index in [1.165, 1.54) is 11.0 Å². The van der Waals surface area contributed by atoms with E-state index < -0.39 is 25.2 Å². The van der Waals surface area contributed by atoms with Crippen LogP contribution in [0.3, 0.4) is 0 Å². The Morgan fingerprint density at radius 1 is 1.27 bits per heavy atom. The number of carbonyl (C=O) groups is 1. The topological polar surface area (TPSA) is 107 Å². The number of aromatic amines is 1. The number of halogens is 2. The minimum Gasteiger partial charge on any atom is -0.487 e. The molecule has 0 saturated heterocycles. The van der Waals surface area contributed by atoms with Crippen LogP contribution in [0.5, 0.6) is 5.75 Å². The molecule has 9 nitrogen and oxygen atoms in total. The van der Waals surface area contributed by atoms with Crippen LogP contribution in [0, 0.1) is 0 Å². The lowest BCUT2D eigenvalue weighted by Crippen LogP contribution is -2.41. The summed E-state index contributed by atoms with van der Waals surface area (Å²) >= 11 is 0. The van der Waals surface area contributed by atoms with Crippen LogP contribution >= 0.6 is 0 Å². The lowest BCUT2D eigenvalue weighted by molar-refractivity contribution is -0.0385. The lowest BCUT2D eigenvalue weighted by Gasteiger charge is -2.18. The van der Waals surface area contributed by atoms with Crippen molar-refractivity contribution < 1.29 is 23.0 Å². The van der Waals surface area contributed by atoms with Crippen molar-refractivity contribution >= 4 is 17.0 Å². The first-order valence-electron chi connectivity index (χ1n) is 7.80. The predicted octanol–water partition coefficient (Wildman–Crippen LogP) is 1.58. The third-order valence-electron chi connectivity index (χ3n) is 3.78. The average molecular weight is 364 g/mol. The Morgan fingerprint density at radius 2 is 2.15 bits per heavy atom. The van der Waals surface area contributed by atoms with Crippen molar-refractivity contribution in [2.75, 3.05) is 19.8 Å². The summed E-state index contributed by atoms with van der Waals surface area (Å²) in [5.74, 6) is -3.00. The number of cyclic esters (lactones) is 1. The number of ether oxygens (including phenoxy) is 2. The second-order valence-electron chi connectivity index (χ2n) is 5.74. The number of nitrogens with zero attached hydrogens (tertiary/aromatic N) is 4. The van der Waals surface area contributed by atoms with Gasteiger partial charge >= 0.3 is 6.09 Å². The quantitative estimate of drug-likeness (QED) is 0.627. The number of hydrogen-bond acceptors (Lipinski definition) is 6. The van der Waals surface area contributed by atoms with Crippen LogP contribution in [-0.4, -0.2) is 57.0 Å². The molecule has 1 aliphatic rings. The number of alkyl carbamates (subject to hydrolysis) is 1. The smallest absolute Gasteiger partial charge is 0.407 e. The largest absolute Gasteiger partial charge is 0.487 e. The first-order chi connectivity index (χ1) is 12.5. The van der Waals surface area contributed by atoms with E-state index in [9.17, 15) is 13.6 Å². The van der Waals surface area contributed by atoms with Crippen molar-refractivity contribution in [2.24, 2.45) is 0 Å². The summed E-state index contributed by atoms with van der Waals surface area (Å²) in [6.45, 7) is -1.66. The zero-order valence-electron chi connectivity index (χ0n) is 13.4. The van der Waals surface area contributed by atoms with Crippen molar-refractivity contribution in [1.29, 1.82) is 0 Å². The molecule has 0 unspecified atom stereocenters. The van der Waals surface area contributed by atoms with E-state index >= 15 is 0 Å². The molecule has 0 saturated carbocycles. The van der Waals surface area contributed by atoms with Gasteiger partial charge in [-0.3, -0.25) is 5.10 Å². The molecule has 1 aliphatic heterocycles. The SMILES string of the molecule is O=C1NCC(F)(F)COc2ccc3[nH]nc(c3c2)-c2cnn(n2)CCO1. The maximum atomic E-state index is 13.9. The van der Waals surface area contributed by atoms with Crippen LogP contribution in [0.2, 0.25) is 0 Å². The number of hydrogen-bond donors (Lipinski definition) is 2. The Hall–Kier alpha value is -3.24. The van der Waals surface area contributed by atoms with Gasteiger partial charge in [0.25, 0.3) is 5.92 Å². The molecule has 1 amide bonds. The van der Waals surface area contributed by atoms with E-state index in [4.69, 9.17) is 9.47 Å². The third kappa shape index (κ3) is 3.27. The van der Waals surface area contributed by atoms with Gasteiger partial charge in [0, 0.05) is 5.39 Å². The molecule has 2 N–H and O–H groups in total. The molecule has 0 atom stereocenters. The molecule has 136 valence electrons. The molecule has 0 spiro atoms. The van der Waals surface area contributed by atoms with Gasteiger partial charge < -0.3 is 14.8 Å². The predicted molar refractivity (Wildman–Crippen MR) is 84.9 cm³/mol. The molecule has 11 heteroatoms. The highest BCUT2D eigenvalue weighted by Gasteiger charge is 2.31. The fourth-order valence-electron chi connectivity index (χ4n) is 2.50. The zero-order chi connectivity index (χ0) is 18.1. The van der Waals surface area contributed by atoms with Crippen molar-refractivity contribution in [1.82, 2.24) is 30.5 Å². The van der Waals surface area contributed by atoms with E-state index in [-0.39, 0.29) is 18.9 Å². The maximum Gasteiger partial charge on any atom is 0.407 e. The highest BCUT2D eigenvalue weighted by atomic mass is 19.3. The second-order valence-corrected chi connectivity index (χ2v) is 5.74. The van der Waals surface area contributed by atoms with Gasteiger partial charge in [-0.25, -0.2) is 13.6 Å². The molecule has 4 bridgehead atoms. The van der Waals surface area contributed by atoms with Crippen LogP contribution in [0.1, 0.15) is 0 Å². The summed E-state index contributed by atoms with van der Waals surface area (Å²) in [7, 11) is 0. The Labute approximate surface area is 145 Å². The molecule has 1 aromatic carbocycles. The zero-order valence-corrected chi connectivity index (χ0v) is 13.4. The van der Waals surface area contributed by atoms with Crippen molar-refractivity contribution in [3.8, 4) is 17.1 Å². The lowest BCUT2D eigenvalue weighted by atomic mass is 10.1. The van der Waals surface area contributed by atoms with E-state index in [0.29, 0.717) is 22.3 Å². The van der Waals surface area contributed by atoms with Crippen LogP contribution < -0.4 is 10.1 Å². The van der Waals surface area contributed by atoms with E-state index in [2.05, 4.69) is 20.4 Å². The van der Waals surface area contributed by atoms with Gasteiger partial charge in [-0.1, -0.05) is 0 Å². The van der Waals surface area contributed by atoms with E-state index in [1.54, 1.807) is 18.2 Å². The summed E-state index contributed by atoms with van der Waals surface area (Å²) in [5.41, 5.74) is 1.73. The number of carbonyl (C=O) groups excluding carboxylic acids is 1. The van der Waals surface area contributed by atoms with Crippen LogP contribution in [0.4, 0.5) is 13.6 Å². The Balaban J connectivity index is 1.71. The standard InChI is InChI=1S/C15H14F2N6O3/c16-15(17)7-18-14(24)25-4-3-23-19-6-12(22-23)13-10-5-9(26-8-15)1-2-11(10)20-21-13/h1-2,5-6H,3-4,7-8H2,(H,18,24)(H,20,21). The van der Waals surface area contributed by atoms with Crippen molar-refractivity contribution in [3.05, 3.63) is 24.4 Å². The molecule has 3 heterocycles. The van der Waals surface area contributed by atoms with E-state index in [1.807, 2.05) is 5.32 Å². The van der Waals surface area contributed by atoms with Gasteiger partial charge in [0.05, 0.1) is 24.8 Å². The van der Waals surface area contributed by atoms with E-state index in [0.717, 1.165) is 0 Å². The maximum absolute atomic E-state index is 13.9. The van der Waals surface area contributed by atoms with Gasteiger partial charge in [0.15, 0.2) is 6.61 Å². The molecule has 0 aliphatic carbocycles. The molecule has 4 rings (SSSR count). The minimum absolute atomic E-state index is 0.0620. The van der Waals surface area contributed by atoms with Crippen LogP contribution in [0.25, 0.3) is 22.3 Å². The molecule has 2 aromatic heterocycles. The van der Waals surface area contributed by atoms with Gasteiger partial charge in [-0.2, -0.15) is 20.1 Å². The third-order valence-corrected chi connectivity index (χ3v) is 3.78. The summed E-state index contributed by atoms with van der Waals surface area (Å²) in [5, 5.41) is 18.1. The molecule has 3 aromatic rings. The Kier molecular flexibility index (Phi) is 3.90. The Bertz CT molecular complexity index is 954. The molecule has 0 radical (unpaired) electrons. The van der Waals surface area contributed by atoms with Crippen molar-refractivity contribution in [3.63, 3.8) is 0 Å². The summed E-state index contributed by atoms with van der Waals surface area (Å²) < 4.78 is 37.8. The number of amides is 1. The number of aromatic nitrogens is 5. The number of alkyl halides is 2. The fourth-order valence-corrected chi connectivity index (χ4v) is 2.50. The fraction of sp³-hybridized carbons (Fsp3) is 0.333. The van der Waals surface area contributed by atoms with Crippen LogP contribution in [-0.2, 0) is 11.3 Å². The number of H-pyrrole nitrogens is 1. The number of fused-ring (bicyclic) bond motifs is 4. The summed E-state index contributed by atoms with van der Waals surface area (Å²) in [6, 6.07) is 4.85. The number of nitrogens with one attached hydrogen (secondary N) is 2.